The highest BCUT2D eigenvalue weighted by Crippen LogP contribution is 2.18. The van der Waals surface area contributed by atoms with E-state index in [1.54, 1.807) is 6.07 Å². The van der Waals surface area contributed by atoms with Crippen LogP contribution in [0.3, 0.4) is 0 Å². The minimum Gasteiger partial charge on any atom is -0.338 e. The van der Waals surface area contributed by atoms with E-state index >= 15 is 0 Å². The minimum atomic E-state index is -0.0318. The van der Waals surface area contributed by atoms with E-state index in [4.69, 9.17) is 0 Å². The summed E-state index contributed by atoms with van der Waals surface area (Å²) in [5.74, 6) is 0.000327. The van der Waals surface area contributed by atoms with E-state index in [-0.39, 0.29) is 10.6 Å². The van der Waals surface area contributed by atoms with Crippen LogP contribution >= 0.6 is 11.3 Å². The van der Waals surface area contributed by atoms with Crippen LogP contribution in [0.4, 0.5) is 0 Å². The highest BCUT2D eigenvalue weighted by atomic mass is 32.1. The fourth-order valence-corrected chi connectivity index (χ4v) is 3.21. The van der Waals surface area contributed by atoms with Crippen molar-refractivity contribution in [3.05, 3.63) is 44.7 Å². The molecule has 0 N–H and O–H groups in total. The molecule has 4 heteroatoms. The molecule has 0 bridgehead atoms. The maximum Gasteiger partial charge on any atom is 0.264 e. The third kappa shape index (κ3) is 1.93. The van der Waals surface area contributed by atoms with Crippen molar-refractivity contribution in [2.24, 2.45) is 0 Å². The molecule has 2 aromatic rings. The molecule has 0 unspecified atom stereocenters. The highest BCUT2D eigenvalue weighted by Gasteiger charge is 2.20. The Balaban J connectivity index is 2.07. The van der Waals surface area contributed by atoms with Gasteiger partial charge in [0.15, 0.2) is 0 Å². The number of rotatable bonds is 1. The van der Waals surface area contributed by atoms with Crippen LogP contribution < -0.4 is 4.74 Å². The zero-order valence-corrected chi connectivity index (χ0v) is 10.7. The van der Waals surface area contributed by atoms with E-state index in [1.165, 1.54) is 0 Å². The van der Waals surface area contributed by atoms with E-state index in [1.807, 2.05) is 29.2 Å². The van der Waals surface area contributed by atoms with Crippen LogP contribution in [0.25, 0.3) is 10.8 Å². The molecule has 3 nitrogen and oxygen atoms in total. The van der Waals surface area contributed by atoms with Crippen LogP contribution in [-0.2, 0) is 0 Å². The van der Waals surface area contributed by atoms with Gasteiger partial charge in [0, 0.05) is 18.5 Å². The summed E-state index contributed by atoms with van der Waals surface area (Å²) in [5.41, 5.74) is 0. The Morgan fingerprint density at radius 1 is 1.17 bits per heavy atom. The van der Waals surface area contributed by atoms with E-state index in [9.17, 15) is 9.59 Å². The zero-order chi connectivity index (χ0) is 12.5. The molecular formula is C14H13NO2S. The molecule has 18 heavy (non-hydrogen) atoms. The van der Waals surface area contributed by atoms with E-state index in [0.29, 0.717) is 10.3 Å². The van der Waals surface area contributed by atoms with Crippen molar-refractivity contribution >= 4 is 28.0 Å². The quantitative estimate of drug-likeness (QED) is 0.789. The van der Waals surface area contributed by atoms with Crippen LogP contribution in [0.1, 0.15) is 22.5 Å². The van der Waals surface area contributed by atoms with Gasteiger partial charge in [-0.05, 0) is 30.4 Å². The Hall–Kier alpha value is -1.68. The summed E-state index contributed by atoms with van der Waals surface area (Å²) >= 11 is 1.05. The monoisotopic (exact) mass is 259 g/mol. The first-order valence-corrected chi connectivity index (χ1v) is 6.89. The van der Waals surface area contributed by atoms with Gasteiger partial charge in [0.2, 0.25) is 4.74 Å². The maximum atomic E-state index is 12.2. The number of hydrogen-bond acceptors (Lipinski definition) is 3. The fraction of sp³-hybridized carbons (Fsp3) is 0.286. The van der Waals surface area contributed by atoms with Crippen LogP contribution in [0.2, 0.25) is 0 Å². The maximum absolute atomic E-state index is 12.2. The minimum absolute atomic E-state index is 0.000327. The molecule has 0 saturated carbocycles. The van der Waals surface area contributed by atoms with E-state index in [2.05, 4.69) is 0 Å². The second kappa shape index (κ2) is 4.53. The molecular weight excluding hydrogens is 246 g/mol. The number of amides is 1. The predicted octanol–water partition coefficient (Wildman–Crippen LogP) is 2.50. The molecule has 2 heterocycles. The second-order valence-corrected chi connectivity index (χ2v) is 5.50. The smallest absolute Gasteiger partial charge is 0.264 e. The number of carbonyl (C=O) groups is 1. The summed E-state index contributed by atoms with van der Waals surface area (Å²) in [6, 6.07) is 9.25. The number of benzene rings is 1. The van der Waals surface area contributed by atoms with Crippen molar-refractivity contribution in [2.75, 3.05) is 13.1 Å². The lowest BCUT2D eigenvalue weighted by Crippen LogP contribution is -2.27. The van der Waals surface area contributed by atoms with Gasteiger partial charge in [-0.1, -0.05) is 29.5 Å². The summed E-state index contributed by atoms with van der Waals surface area (Å²) in [4.78, 5) is 26.6. The molecule has 92 valence electrons. The van der Waals surface area contributed by atoms with Gasteiger partial charge in [-0.3, -0.25) is 9.59 Å². The summed E-state index contributed by atoms with van der Waals surface area (Å²) in [5, 5.41) is 1.55. The van der Waals surface area contributed by atoms with Crippen LogP contribution in [-0.4, -0.2) is 23.9 Å². The molecule has 1 aliphatic rings. The SMILES string of the molecule is O=C(c1cc2ccccc2c(=O)s1)N1CCCC1. The highest BCUT2D eigenvalue weighted by molar-refractivity contribution is 7.12. The Morgan fingerprint density at radius 3 is 2.67 bits per heavy atom. The first kappa shape index (κ1) is 11.4. The molecule has 1 fully saturated rings. The third-order valence-electron chi connectivity index (χ3n) is 3.27. The lowest BCUT2D eigenvalue weighted by Gasteiger charge is -2.14. The van der Waals surface area contributed by atoms with Crippen molar-refractivity contribution in [3.8, 4) is 0 Å². The molecule has 0 aliphatic carbocycles. The Labute approximate surface area is 109 Å². The molecule has 1 aliphatic heterocycles. The number of nitrogens with zero attached hydrogens (tertiary/aromatic N) is 1. The summed E-state index contributed by atoms with van der Waals surface area (Å²) in [6.45, 7) is 1.62. The molecule has 1 aromatic heterocycles. The third-order valence-corrected chi connectivity index (χ3v) is 4.19. The van der Waals surface area contributed by atoms with Crippen molar-refractivity contribution in [2.45, 2.75) is 12.8 Å². The second-order valence-electron chi connectivity index (χ2n) is 4.48. The van der Waals surface area contributed by atoms with Gasteiger partial charge in [-0.15, -0.1) is 0 Å². The van der Waals surface area contributed by atoms with Crippen LogP contribution in [0, 0.1) is 0 Å². The zero-order valence-electron chi connectivity index (χ0n) is 9.89. The Bertz CT molecular complexity index is 656. The number of likely N-dealkylation sites (tertiary alicyclic amines) is 1. The fourth-order valence-electron chi connectivity index (χ4n) is 2.32. The first-order chi connectivity index (χ1) is 8.75. The van der Waals surface area contributed by atoms with Crippen molar-refractivity contribution in [3.63, 3.8) is 0 Å². The molecule has 3 rings (SSSR count). The standard InChI is InChI=1S/C14H13NO2S/c16-13(15-7-3-4-8-15)12-9-10-5-1-2-6-11(10)14(17)18-12/h1-2,5-6,9H,3-4,7-8H2. The number of carbonyl (C=O) groups excluding carboxylic acids is 1. The van der Waals surface area contributed by atoms with Gasteiger partial charge >= 0.3 is 0 Å². The molecule has 0 spiro atoms. The molecule has 0 atom stereocenters. The summed E-state index contributed by atoms with van der Waals surface area (Å²) in [7, 11) is 0. The van der Waals surface area contributed by atoms with Crippen molar-refractivity contribution in [1.29, 1.82) is 0 Å². The first-order valence-electron chi connectivity index (χ1n) is 6.08. The topological polar surface area (TPSA) is 37.4 Å². The lowest BCUT2D eigenvalue weighted by molar-refractivity contribution is 0.0797. The van der Waals surface area contributed by atoms with Gasteiger partial charge < -0.3 is 4.90 Å². The summed E-state index contributed by atoms with van der Waals surface area (Å²) < 4.78 is -0.0318. The molecule has 1 amide bonds. The lowest BCUT2D eigenvalue weighted by atomic mass is 10.2. The Kier molecular flexibility index (Phi) is 2.88. The molecule has 1 saturated heterocycles. The molecule has 0 radical (unpaired) electrons. The van der Waals surface area contributed by atoms with Gasteiger partial charge in [0.05, 0.1) is 4.88 Å². The number of hydrogen-bond donors (Lipinski definition) is 0. The Morgan fingerprint density at radius 2 is 1.89 bits per heavy atom. The van der Waals surface area contributed by atoms with Gasteiger partial charge in [-0.25, -0.2) is 0 Å². The average molecular weight is 259 g/mol. The van der Waals surface area contributed by atoms with E-state index < -0.39 is 0 Å². The largest absolute Gasteiger partial charge is 0.338 e. The van der Waals surface area contributed by atoms with Crippen molar-refractivity contribution < 1.29 is 4.79 Å². The number of fused-ring (bicyclic) bond motifs is 1. The average Bonchev–Trinajstić information content (AvgIpc) is 2.91. The normalized spacial score (nSPS) is 15.2. The van der Waals surface area contributed by atoms with E-state index in [0.717, 1.165) is 42.7 Å². The van der Waals surface area contributed by atoms with Crippen LogP contribution in [0.15, 0.2) is 35.1 Å². The van der Waals surface area contributed by atoms with Crippen molar-refractivity contribution in [1.82, 2.24) is 4.90 Å². The molecule has 1 aromatic carbocycles. The van der Waals surface area contributed by atoms with Crippen LogP contribution in [0.5, 0.6) is 0 Å². The van der Waals surface area contributed by atoms with Gasteiger partial charge in [0.1, 0.15) is 0 Å². The van der Waals surface area contributed by atoms with Gasteiger partial charge in [0.25, 0.3) is 5.91 Å². The predicted molar refractivity (Wildman–Crippen MR) is 73.2 cm³/mol. The summed E-state index contributed by atoms with van der Waals surface area (Å²) in [6.07, 6.45) is 2.13. The van der Waals surface area contributed by atoms with Gasteiger partial charge in [-0.2, -0.15) is 0 Å².